The zero-order valence-corrected chi connectivity index (χ0v) is 16.2. The highest BCUT2D eigenvalue weighted by Crippen LogP contribution is 2.12. The van der Waals surface area contributed by atoms with Gasteiger partial charge in [-0.05, 0) is 54.8 Å². The molecule has 0 saturated heterocycles. The second-order valence-electron chi connectivity index (χ2n) is 6.42. The van der Waals surface area contributed by atoms with Crippen LogP contribution in [0.25, 0.3) is 0 Å². The van der Waals surface area contributed by atoms with Gasteiger partial charge < -0.3 is 10.6 Å². The van der Waals surface area contributed by atoms with Crippen LogP contribution in [0.1, 0.15) is 31.8 Å². The number of hydrogen-bond acceptors (Lipinski definition) is 3. The van der Waals surface area contributed by atoms with Crippen molar-refractivity contribution in [1.82, 2.24) is 10.3 Å². The molecule has 3 aromatic rings. The molecule has 2 N–H and O–H groups in total. The number of carbonyl (C=O) groups is 2. The summed E-state index contributed by atoms with van der Waals surface area (Å²) in [5, 5.41) is 6.33. The van der Waals surface area contributed by atoms with E-state index in [1.807, 2.05) is 55.5 Å². The number of nitrogens with one attached hydrogen (secondary N) is 2. The summed E-state index contributed by atoms with van der Waals surface area (Å²) >= 11 is 5.87. The first-order valence-electron chi connectivity index (χ1n) is 8.87. The molecule has 28 heavy (non-hydrogen) atoms. The summed E-state index contributed by atoms with van der Waals surface area (Å²) in [6.45, 7) is 2.42. The highest BCUT2D eigenvalue weighted by molar-refractivity contribution is 6.30. The van der Waals surface area contributed by atoms with Gasteiger partial charge in [-0.2, -0.15) is 0 Å². The third-order valence-corrected chi connectivity index (χ3v) is 4.40. The molecular formula is C22H20ClN3O2. The highest BCUT2D eigenvalue weighted by atomic mass is 35.5. The van der Waals surface area contributed by atoms with Crippen LogP contribution in [0.15, 0.2) is 67.0 Å². The Kier molecular flexibility index (Phi) is 6.40. The van der Waals surface area contributed by atoms with Gasteiger partial charge in [-0.3, -0.25) is 14.6 Å². The Morgan fingerprint density at radius 3 is 2.39 bits per heavy atom. The zero-order valence-electron chi connectivity index (χ0n) is 15.4. The van der Waals surface area contributed by atoms with E-state index in [-0.39, 0.29) is 11.8 Å². The molecule has 5 nitrogen and oxygen atoms in total. The summed E-state index contributed by atoms with van der Waals surface area (Å²) in [7, 11) is 0. The molecule has 0 radical (unpaired) electrons. The van der Waals surface area contributed by atoms with Gasteiger partial charge in [0.15, 0.2) is 0 Å². The summed E-state index contributed by atoms with van der Waals surface area (Å²) in [6.07, 6.45) is 3.57. The molecular weight excluding hydrogens is 374 g/mol. The molecule has 1 aromatic heterocycles. The number of hydrogen-bond donors (Lipinski definition) is 2. The maximum atomic E-state index is 12.4. The molecule has 0 unspecified atom stereocenters. The van der Waals surface area contributed by atoms with Gasteiger partial charge in [0.2, 0.25) is 0 Å². The van der Waals surface area contributed by atoms with Crippen molar-refractivity contribution in [3.8, 4) is 0 Å². The third-order valence-electron chi connectivity index (χ3n) is 4.15. The van der Waals surface area contributed by atoms with Crippen molar-refractivity contribution in [1.29, 1.82) is 0 Å². The molecule has 3 rings (SSSR count). The van der Waals surface area contributed by atoms with E-state index in [9.17, 15) is 9.59 Å². The normalized spacial score (nSPS) is 10.4. The molecule has 2 aromatic carbocycles. The van der Waals surface area contributed by atoms with Gasteiger partial charge in [0.1, 0.15) is 0 Å². The molecule has 0 saturated carbocycles. The van der Waals surface area contributed by atoms with Crippen molar-refractivity contribution in [2.45, 2.75) is 13.3 Å². The van der Waals surface area contributed by atoms with Crippen molar-refractivity contribution in [3.63, 3.8) is 0 Å². The van der Waals surface area contributed by atoms with Gasteiger partial charge in [-0.15, -0.1) is 0 Å². The maximum Gasteiger partial charge on any atom is 0.257 e. The minimum Gasteiger partial charge on any atom is -0.352 e. The number of rotatable bonds is 6. The van der Waals surface area contributed by atoms with Gasteiger partial charge in [0.05, 0.1) is 11.1 Å². The van der Waals surface area contributed by atoms with E-state index in [1.54, 1.807) is 0 Å². The molecule has 0 fully saturated rings. The van der Waals surface area contributed by atoms with E-state index in [1.165, 1.54) is 18.5 Å². The lowest BCUT2D eigenvalue weighted by molar-refractivity contribution is 0.0953. The smallest absolute Gasteiger partial charge is 0.257 e. The van der Waals surface area contributed by atoms with Gasteiger partial charge in [-0.25, -0.2) is 0 Å². The van der Waals surface area contributed by atoms with E-state index in [2.05, 4.69) is 15.6 Å². The lowest BCUT2D eigenvalue weighted by Gasteiger charge is -2.08. The number of pyridine rings is 1. The van der Waals surface area contributed by atoms with Crippen LogP contribution in [0.5, 0.6) is 0 Å². The molecule has 0 bridgehead atoms. The molecule has 0 spiro atoms. The molecule has 0 aliphatic heterocycles. The second-order valence-corrected chi connectivity index (χ2v) is 6.85. The Morgan fingerprint density at radius 2 is 1.68 bits per heavy atom. The SMILES string of the molecule is Cc1cccc(NC(=O)c2cncc(C(=O)NCCc3ccc(Cl)cc3)c2)c1. The molecule has 2 amide bonds. The topological polar surface area (TPSA) is 71.1 Å². The Balaban J connectivity index is 1.59. The summed E-state index contributed by atoms with van der Waals surface area (Å²) in [4.78, 5) is 28.8. The molecule has 142 valence electrons. The fraction of sp³-hybridized carbons (Fsp3) is 0.136. The molecule has 6 heteroatoms. The highest BCUT2D eigenvalue weighted by Gasteiger charge is 2.11. The second kappa shape index (κ2) is 9.15. The van der Waals surface area contributed by atoms with E-state index < -0.39 is 0 Å². The van der Waals surface area contributed by atoms with Gasteiger partial charge in [0, 0.05) is 29.6 Å². The summed E-state index contributed by atoms with van der Waals surface area (Å²) in [5.74, 6) is -0.583. The molecule has 1 heterocycles. The van der Waals surface area contributed by atoms with E-state index in [0.29, 0.717) is 34.8 Å². The van der Waals surface area contributed by atoms with Crippen molar-refractivity contribution in [2.75, 3.05) is 11.9 Å². The zero-order chi connectivity index (χ0) is 19.9. The predicted molar refractivity (Wildman–Crippen MR) is 111 cm³/mol. The van der Waals surface area contributed by atoms with Crippen LogP contribution in [-0.4, -0.2) is 23.3 Å². The number of aryl methyl sites for hydroxylation is 1. The Morgan fingerprint density at radius 1 is 0.964 bits per heavy atom. The van der Waals surface area contributed by atoms with Crippen LogP contribution in [0, 0.1) is 6.92 Å². The first-order valence-corrected chi connectivity index (χ1v) is 9.25. The third kappa shape index (κ3) is 5.41. The van der Waals surface area contributed by atoms with Crippen LogP contribution in [-0.2, 0) is 6.42 Å². The Labute approximate surface area is 168 Å². The van der Waals surface area contributed by atoms with E-state index in [0.717, 1.165) is 11.1 Å². The summed E-state index contributed by atoms with van der Waals surface area (Å²) in [5.41, 5.74) is 3.49. The summed E-state index contributed by atoms with van der Waals surface area (Å²) in [6, 6.07) is 16.5. The first kappa shape index (κ1) is 19.6. The monoisotopic (exact) mass is 393 g/mol. The van der Waals surface area contributed by atoms with Gasteiger partial charge in [-0.1, -0.05) is 35.9 Å². The Bertz CT molecular complexity index is 987. The quantitative estimate of drug-likeness (QED) is 0.657. The minimum atomic E-state index is -0.311. The predicted octanol–water partition coefficient (Wildman–Crippen LogP) is 4.27. The fourth-order valence-corrected chi connectivity index (χ4v) is 2.81. The van der Waals surface area contributed by atoms with E-state index >= 15 is 0 Å². The van der Waals surface area contributed by atoms with Crippen molar-refractivity contribution < 1.29 is 9.59 Å². The number of aromatic nitrogens is 1. The molecule has 0 aliphatic carbocycles. The van der Waals surface area contributed by atoms with Gasteiger partial charge in [0.25, 0.3) is 11.8 Å². The van der Waals surface area contributed by atoms with Gasteiger partial charge >= 0.3 is 0 Å². The average molecular weight is 394 g/mol. The minimum absolute atomic E-state index is 0.272. The fourth-order valence-electron chi connectivity index (χ4n) is 2.69. The number of anilines is 1. The first-order chi connectivity index (χ1) is 13.5. The maximum absolute atomic E-state index is 12.4. The van der Waals surface area contributed by atoms with Crippen LogP contribution in [0.4, 0.5) is 5.69 Å². The Hall–Kier alpha value is -3.18. The number of amides is 2. The number of benzene rings is 2. The van der Waals surface area contributed by atoms with Crippen molar-refractivity contribution in [3.05, 3.63) is 94.3 Å². The number of halogens is 1. The lowest BCUT2D eigenvalue weighted by Crippen LogP contribution is -2.26. The van der Waals surface area contributed by atoms with Crippen LogP contribution in [0.3, 0.4) is 0 Å². The molecule has 0 atom stereocenters. The number of carbonyl (C=O) groups excluding carboxylic acids is 2. The average Bonchev–Trinajstić information content (AvgIpc) is 2.69. The number of nitrogens with zero attached hydrogens (tertiary/aromatic N) is 1. The van der Waals surface area contributed by atoms with Crippen molar-refractivity contribution >= 4 is 29.1 Å². The molecule has 0 aliphatic rings. The lowest BCUT2D eigenvalue weighted by atomic mass is 10.1. The van der Waals surface area contributed by atoms with Crippen LogP contribution < -0.4 is 10.6 Å². The van der Waals surface area contributed by atoms with E-state index in [4.69, 9.17) is 11.6 Å². The summed E-state index contributed by atoms with van der Waals surface area (Å²) < 4.78 is 0. The van der Waals surface area contributed by atoms with Crippen LogP contribution in [0.2, 0.25) is 5.02 Å². The standard InChI is InChI=1S/C22H20ClN3O2/c1-15-3-2-4-20(11-15)26-22(28)18-12-17(13-24-14-18)21(27)25-10-9-16-5-7-19(23)8-6-16/h2-8,11-14H,9-10H2,1H3,(H,25,27)(H,26,28). The van der Waals surface area contributed by atoms with Crippen molar-refractivity contribution in [2.24, 2.45) is 0 Å². The largest absolute Gasteiger partial charge is 0.352 e. The van der Waals surface area contributed by atoms with Crippen LogP contribution >= 0.6 is 11.6 Å².